The van der Waals surface area contributed by atoms with Gasteiger partial charge in [0.15, 0.2) is 5.13 Å². The van der Waals surface area contributed by atoms with E-state index in [0.29, 0.717) is 0 Å². The maximum absolute atomic E-state index is 4.69. The van der Waals surface area contributed by atoms with Crippen molar-refractivity contribution in [1.82, 2.24) is 15.0 Å². The molecular formula is C21H19N5S. The highest BCUT2D eigenvalue weighted by Crippen LogP contribution is 2.29. The zero-order valence-corrected chi connectivity index (χ0v) is 15.7. The first-order valence-corrected chi connectivity index (χ1v) is 9.49. The Balaban J connectivity index is 1.46. The number of nitrogens with zero attached hydrogens (tertiary/aromatic N) is 3. The molecule has 4 aromatic rings. The topological polar surface area (TPSA) is 62.7 Å². The summed E-state index contributed by atoms with van der Waals surface area (Å²) in [6, 6.07) is 20.2. The molecule has 1 aromatic carbocycles. The van der Waals surface area contributed by atoms with Gasteiger partial charge in [0.2, 0.25) is 0 Å². The van der Waals surface area contributed by atoms with Crippen LogP contribution in [0.25, 0.3) is 10.6 Å². The largest absolute Gasteiger partial charge is 0.357 e. The second kappa shape index (κ2) is 7.97. The molecule has 0 saturated carbocycles. The molecule has 0 aliphatic rings. The number of hydrogen-bond donors (Lipinski definition) is 2. The summed E-state index contributed by atoms with van der Waals surface area (Å²) in [5.41, 5.74) is 3.27. The highest BCUT2D eigenvalue weighted by molar-refractivity contribution is 7.18. The van der Waals surface area contributed by atoms with E-state index in [4.69, 9.17) is 4.98 Å². The summed E-state index contributed by atoms with van der Waals surface area (Å²) >= 11 is 1.59. The van der Waals surface area contributed by atoms with Crippen LogP contribution in [-0.2, 0) is 6.54 Å². The third-order valence-corrected chi connectivity index (χ3v) is 4.94. The minimum atomic E-state index is 0.752. The Morgan fingerprint density at radius 2 is 1.81 bits per heavy atom. The number of anilines is 3. The van der Waals surface area contributed by atoms with Crippen molar-refractivity contribution in [3.63, 3.8) is 0 Å². The standard InChI is InChI=1S/C21H19N5S/c1-15-10-11-22-20(12-15)26-19-9-5-8-17(25-19)18-14-24-21(27-18)23-13-16-6-3-2-4-7-16/h2-12,14H,13H2,1H3,(H,23,24)(H,22,25,26). The fourth-order valence-electron chi connectivity index (χ4n) is 2.63. The number of pyridine rings is 2. The molecule has 134 valence electrons. The van der Waals surface area contributed by atoms with Crippen molar-refractivity contribution in [1.29, 1.82) is 0 Å². The highest BCUT2D eigenvalue weighted by Gasteiger charge is 2.07. The van der Waals surface area contributed by atoms with Crippen LogP contribution < -0.4 is 10.6 Å². The Morgan fingerprint density at radius 1 is 0.926 bits per heavy atom. The molecule has 0 radical (unpaired) electrons. The van der Waals surface area contributed by atoms with Crippen molar-refractivity contribution in [2.75, 3.05) is 10.6 Å². The lowest BCUT2D eigenvalue weighted by atomic mass is 10.2. The fourth-order valence-corrected chi connectivity index (χ4v) is 3.41. The molecule has 0 spiro atoms. The maximum Gasteiger partial charge on any atom is 0.183 e. The number of benzene rings is 1. The molecule has 0 fully saturated rings. The van der Waals surface area contributed by atoms with Gasteiger partial charge in [0.1, 0.15) is 11.6 Å². The van der Waals surface area contributed by atoms with Crippen molar-refractivity contribution in [3.8, 4) is 10.6 Å². The predicted molar refractivity (Wildman–Crippen MR) is 111 cm³/mol. The first-order valence-electron chi connectivity index (χ1n) is 8.67. The molecule has 0 amide bonds. The van der Waals surface area contributed by atoms with Gasteiger partial charge in [0, 0.05) is 18.9 Å². The SMILES string of the molecule is Cc1ccnc(Nc2cccc(-c3cnc(NCc4ccccc4)s3)n2)c1. The van der Waals surface area contributed by atoms with Gasteiger partial charge in [0.25, 0.3) is 0 Å². The van der Waals surface area contributed by atoms with Gasteiger partial charge in [-0.2, -0.15) is 0 Å². The van der Waals surface area contributed by atoms with Crippen molar-refractivity contribution in [2.24, 2.45) is 0 Å². The van der Waals surface area contributed by atoms with Gasteiger partial charge in [0.05, 0.1) is 10.6 Å². The molecule has 5 nitrogen and oxygen atoms in total. The van der Waals surface area contributed by atoms with E-state index >= 15 is 0 Å². The van der Waals surface area contributed by atoms with Crippen LogP contribution in [0.2, 0.25) is 0 Å². The average Bonchev–Trinajstić information content (AvgIpc) is 3.17. The van der Waals surface area contributed by atoms with Gasteiger partial charge < -0.3 is 10.6 Å². The number of thiazole rings is 1. The van der Waals surface area contributed by atoms with Crippen LogP contribution in [0.3, 0.4) is 0 Å². The van der Waals surface area contributed by atoms with E-state index in [1.807, 2.05) is 61.7 Å². The summed E-state index contributed by atoms with van der Waals surface area (Å²) < 4.78 is 0. The van der Waals surface area contributed by atoms with Crippen LogP contribution in [0.15, 0.2) is 73.1 Å². The molecule has 0 bridgehead atoms. The Morgan fingerprint density at radius 3 is 2.67 bits per heavy atom. The van der Waals surface area contributed by atoms with Crippen LogP contribution >= 0.6 is 11.3 Å². The van der Waals surface area contributed by atoms with Gasteiger partial charge >= 0.3 is 0 Å². The lowest BCUT2D eigenvalue weighted by Gasteiger charge is -2.06. The monoisotopic (exact) mass is 373 g/mol. The van der Waals surface area contributed by atoms with Crippen molar-refractivity contribution >= 4 is 28.1 Å². The summed E-state index contributed by atoms with van der Waals surface area (Å²) in [4.78, 5) is 14.5. The number of hydrogen-bond acceptors (Lipinski definition) is 6. The Kier molecular flexibility index (Phi) is 5.07. The summed E-state index contributed by atoms with van der Waals surface area (Å²) in [5, 5.41) is 7.50. The molecule has 2 N–H and O–H groups in total. The number of aryl methyl sites for hydroxylation is 1. The van der Waals surface area contributed by atoms with E-state index in [0.717, 1.165) is 39.4 Å². The van der Waals surface area contributed by atoms with Crippen LogP contribution in [0.5, 0.6) is 0 Å². The minimum Gasteiger partial charge on any atom is -0.357 e. The second-order valence-corrected chi connectivity index (χ2v) is 7.15. The van der Waals surface area contributed by atoms with Crippen LogP contribution in [0.1, 0.15) is 11.1 Å². The van der Waals surface area contributed by atoms with E-state index < -0.39 is 0 Å². The average molecular weight is 373 g/mol. The quantitative estimate of drug-likeness (QED) is 0.482. The van der Waals surface area contributed by atoms with Crippen LogP contribution in [0.4, 0.5) is 16.8 Å². The third-order valence-electron chi connectivity index (χ3n) is 3.97. The molecule has 0 saturated heterocycles. The van der Waals surface area contributed by atoms with E-state index in [1.54, 1.807) is 17.5 Å². The first kappa shape index (κ1) is 17.2. The van der Waals surface area contributed by atoms with Crippen LogP contribution in [0, 0.1) is 6.92 Å². The van der Waals surface area contributed by atoms with Gasteiger partial charge in [-0.15, -0.1) is 0 Å². The highest BCUT2D eigenvalue weighted by atomic mass is 32.1. The molecular weight excluding hydrogens is 354 g/mol. The second-order valence-electron chi connectivity index (χ2n) is 6.12. The predicted octanol–water partition coefficient (Wildman–Crippen LogP) is 5.26. The molecule has 3 aromatic heterocycles. The van der Waals surface area contributed by atoms with Crippen molar-refractivity contribution in [2.45, 2.75) is 13.5 Å². The molecule has 3 heterocycles. The number of nitrogens with one attached hydrogen (secondary N) is 2. The minimum absolute atomic E-state index is 0.752. The molecule has 0 unspecified atom stereocenters. The van der Waals surface area contributed by atoms with Gasteiger partial charge in [-0.1, -0.05) is 47.7 Å². The molecule has 27 heavy (non-hydrogen) atoms. The zero-order chi connectivity index (χ0) is 18.5. The van der Waals surface area contributed by atoms with E-state index in [-0.39, 0.29) is 0 Å². The Hall–Kier alpha value is -3.25. The van der Waals surface area contributed by atoms with Crippen molar-refractivity contribution < 1.29 is 0 Å². The maximum atomic E-state index is 4.69. The molecule has 4 rings (SSSR count). The molecule has 0 atom stereocenters. The lowest BCUT2D eigenvalue weighted by Crippen LogP contribution is -1.97. The summed E-state index contributed by atoms with van der Waals surface area (Å²) in [6.07, 6.45) is 3.64. The number of rotatable bonds is 6. The molecule has 6 heteroatoms. The molecule has 0 aliphatic carbocycles. The first-order chi connectivity index (χ1) is 13.3. The number of aromatic nitrogens is 3. The van der Waals surface area contributed by atoms with Crippen LogP contribution in [-0.4, -0.2) is 15.0 Å². The lowest BCUT2D eigenvalue weighted by molar-refractivity contribution is 1.13. The van der Waals surface area contributed by atoms with E-state index in [1.165, 1.54) is 5.56 Å². The Labute approximate surface area is 162 Å². The normalized spacial score (nSPS) is 10.6. The van der Waals surface area contributed by atoms with E-state index in [2.05, 4.69) is 32.7 Å². The third kappa shape index (κ3) is 4.48. The zero-order valence-electron chi connectivity index (χ0n) is 14.9. The van der Waals surface area contributed by atoms with Gasteiger partial charge in [-0.25, -0.2) is 15.0 Å². The summed E-state index contributed by atoms with van der Waals surface area (Å²) in [7, 11) is 0. The van der Waals surface area contributed by atoms with E-state index in [9.17, 15) is 0 Å². The smallest absolute Gasteiger partial charge is 0.183 e. The van der Waals surface area contributed by atoms with Crippen molar-refractivity contribution in [3.05, 3.63) is 84.2 Å². The van der Waals surface area contributed by atoms with Gasteiger partial charge in [-0.05, 0) is 42.3 Å². The summed E-state index contributed by atoms with van der Waals surface area (Å²) in [6.45, 7) is 2.79. The summed E-state index contributed by atoms with van der Waals surface area (Å²) in [5.74, 6) is 1.55. The fraction of sp³-hybridized carbons (Fsp3) is 0.0952. The Bertz CT molecular complexity index is 1030. The van der Waals surface area contributed by atoms with Gasteiger partial charge in [-0.3, -0.25) is 0 Å². The molecule has 0 aliphatic heterocycles.